The molecule has 0 saturated carbocycles. The summed E-state index contributed by atoms with van der Waals surface area (Å²) in [5, 5.41) is 10.2. The molecule has 0 aliphatic carbocycles. The molecule has 556 valence electrons. The number of benzene rings is 2. The lowest BCUT2D eigenvalue weighted by Gasteiger charge is -2.14. The summed E-state index contributed by atoms with van der Waals surface area (Å²) in [5.41, 5.74) is 6.24. The molecule has 4 aromatic rings. The quantitative estimate of drug-likeness (QED) is 0.0407. The van der Waals surface area contributed by atoms with Crippen molar-refractivity contribution in [1.82, 2.24) is 19.6 Å². The minimum absolute atomic E-state index is 0.565. The molecule has 0 aliphatic rings. The maximum Gasteiger partial charge on any atom is 0.161 e. The number of aromatic nitrogens is 4. The first kappa shape index (κ1) is 85.4. The summed E-state index contributed by atoms with van der Waals surface area (Å²) in [6, 6.07) is 17.2. The van der Waals surface area contributed by atoms with Crippen molar-refractivity contribution in [1.29, 1.82) is 0 Å². The summed E-state index contributed by atoms with van der Waals surface area (Å²) in [7, 11) is 0. The predicted octanol–water partition coefficient (Wildman–Crippen LogP) is 28.2. The van der Waals surface area contributed by atoms with E-state index < -0.39 is 0 Å². The van der Waals surface area contributed by atoms with Crippen molar-refractivity contribution in [2.45, 2.75) is 414 Å². The van der Waals surface area contributed by atoms with E-state index >= 15 is 0 Å². The van der Waals surface area contributed by atoms with Crippen molar-refractivity contribution in [3.8, 4) is 45.5 Å². The molecule has 0 bridgehead atoms. The highest BCUT2D eigenvalue weighted by Gasteiger charge is 2.16. The summed E-state index contributed by atoms with van der Waals surface area (Å²) in [6.07, 6.45) is 75.7. The van der Waals surface area contributed by atoms with Gasteiger partial charge in [0.15, 0.2) is 23.0 Å². The van der Waals surface area contributed by atoms with E-state index in [1.54, 1.807) is 0 Å². The molecule has 2 aromatic heterocycles. The van der Waals surface area contributed by atoms with Gasteiger partial charge in [0, 0.05) is 22.5 Å². The molecule has 4 rings (SSSR count). The first-order valence-electron chi connectivity index (χ1n) is 42.4. The number of aryl methyl sites for hydroxylation is 2. The molecule has 9 nitrogen and oxygen atoms in total. The second kappa shape index (κ2) is 61.9. The number of hydrogen-bond donors (Lipinski definition) is 0. The molecule has 2 heterocycles. The summed E-state index contributed by atoms with van der Waals surface area (Å²) >= 11 is 0. The molecule has 0 aliphatic heterocycles. The van der Waals surface area contributed by atoms with Crippen LogP contribution in [-0.4, -0.2) is 59.2 Å². The van der Waals surface area contributed by atoms with Crippen molar-refractivity contribution in [3.63, 3.8) is 0 Å². The smallest absolute Gasteiger partial charge is 0.161 e. The second-order valence-electron chi connectivity index (χ2n) is 29.5. The average molecular weight is 1350 g/mol. The lowest BCUT2D eigenvalue weighted by Crippen LogP contribution is -2.13. The number of nitrogens with zero attached hydrogens (tertiary/aromatic N) is 4. The van der Waals surface area contributed by atoms with Gasteiger partial charge in [-0.3, -0.25) is 9.36 Å². The number of hydrogen-bond acceptors (Lipinski definition) is 7. The Morgan fingerprint density at radius 3 is 0.670 bits per heavy atom. The average Bonchev–Trinajstić information content (AvgIpc) is 1.77. The Bertz CT molecular complexity index is 2210. The van der Waals surface area contributed by atoms with E-state index in [1.165, 1.54) is 334 Å². The molecule has 9 heteroatoms. The largest absolute Gasteiger partial charge is 0.490 e. The van der Waals surface area contributed by atoms with Crippen LogP contribution < -0.4 is 18.9 Å². The highest BCUT2D eigenvalue weighted by atomic mass is 16.5. The Morgan fingerprint density at radius 2 is 0.443 bits per heavy atom. The van der Waals surface area contributed by atoms with Crippen LogP contribution >= 0.6 is 0 Å². The molecular formula is C88H154N4O5. The van der Waals surface area contributed by atoms with Gasteiger partial charge in [-0.05, 0) is 88.1 Å². The maximum absolute atomic E-state index is 6.58. The number of unbranched alkanes of at least 4 members (excludes halogenated alkanes) is 52. The van der Waals surface area contributed by atoms with Gasteiger partial charge in [-0.15, -0.1) is 0 Å². The Labute approximate surface area is 599 Å². The minimum atomic E-state index is 0.565. The zero-order chi connectivity index (χ0) is 68.8. The van der Waals surface area contributed by atoms with E-state index in [2.05, 4.69) is 99.4 Å². The topological polar surface area (TPSA) is 81.8 Å². The lowest BCUT2D eigenvalue weighted by atomic mass is 10.0. The van der Waals surface area contributed by atoms with Crippen LogP contribution in [0.3, 0.4) is 0 Å². The van der Waals surface area contributed by atoms with Crippen LogP contribution in [0.4, 0.5) is 0 Å². The molecule has 0 fully saturated rings. The third-order valence-electron chi connectivity index (χ3n) is 20.4. The first-order valence-corrected chi connectivity index (χ1v) is 42.4. The molecule has 0 unspecified atom stereocenters. The van der Waals surface area contributed by atoms with Gasteiger partial charge in [-0.2, -0.15) is 10.2 Å². The molecule has 0 amide bonds. The van der Waals surface area contributed by atoms with Gasteiger partial charge in [0.05, 0.1) is 64.1 Å². The summed E-state index contributed by atoms with van der Waals surface area (Å²) in [4.78, 5) is 0. The van der Waals surface area contributed by atoms with E-state index in [-0.39, 0.29) is 0 Å². The first-order chi connectivity index (χ1) is 48.0. The van der Waals surface area contributed by atoms with E-state index in [0.717, 1.165) is 95.8 Å². The Hall–Kier alpha value is -3.98. The zero-order valence-corrected chi connectivity index (χ0v) is 64.7. The summed E-state index contributed by atoms with van der Waals surface area (Å²) in [5.74, 6) is 3.38. The predicted molar refractivity (Wildman–Crippen MR) is 419 cm³/mol. The van der Waals surface area contributed by atoms with Crippen molar-refractivity contribution in [3.05, 3.63) is 59.9 Å². The summed E-state index contributed by atoms with van der Waals surface area (Å²) in [6.45, 7) is 18.8. The van der Waals surface area contributed by atoms with E-state index in [9.17, 15) is 0 Å². The fourth-order valence-electron chi connectivity index (χ4n) is 13.9. The molecule has 0 N–H and O–H groups in total. The van der Waals surface area contributed by atoms with Crippen LogP contribution in [0.25, 0.3) is 22.5 Å². The second-order valence-corrected chi connectivity index (χ2v) is 29.5. The van der Waals surface area contributed by atoms with E-state index in [0.29, 0.717) is 39.5 Å². The molecule has 0 atom stereocenters. The van der Waals surface area contributed by atoms with Crippen LogP contribution in [-0.2, 0) is 17.8 Å². The molecule has 2 aromatic carbocycles. The van der Waals surface area contributed by atoms with Crippen LogP contribution in [0, 0.1) is 13.8 Å². The fourth-order valence-corrected chi connectivity index (χ4v) is 13.9. The van der Waals surface area contributed by atoms with Crippen molar-refractivity contribution in [2.24, 2.45) is 0 Å². The van der Waals surface area contributed by atoms with Gasteiger partial charge >= 0.3 is 0 Å². The standard InChI is InChI=1S/C88H154N4O5/c1-7-11-15-19-23-27-31-35-39-43-47-51-55-59-69-94-85-65-63-81(77-87(85)96-71-61-57-53-49-45-41-37-33-29-25-21-17-13-9-3)83-75-79(5)91(89-83)67-73-93-74-68-92-80(6)76-84(90-92)82-64-66-86(95-70-60-56-52-48-44-40-36-32-28-24-20-16-12-8-2)88(78-82)97-72-62-58-54-50-46-42-38-34-30-26-22-18-14-10-4/h63-66,75-78H,7-62,67-74H2,1-6H3. The van der Waals surface area contributed by atoms with Gasteiger partial charge in [-0.1, -0.05) is 362 Å². The Kier molecular flexibility index (Phi) is 54.5. The molecule has 97 heavy (non-hydrogen) atoms. The lowest BCUT2D eigenvalue weighted by molar-refractivity contribution is 0.113. The zero-order valence-electron chi connectivity index (χ0n) is 64.7. The maximum atomic E-state index is 6.58. The number of ether oxygens (including phenoxy) is 5. The van der Waals surface area contributed by atoms with Crippen LogP contribution in [0.15, 0.2) is 48.5 Å². The molecule has 0 saturated heterocycles. The van der Waals surface area contributed by atoms with Crippen molar-refractivity contribution in [2.75, 3.05) is 39.6 Å². The van der Waals surface area contributed by atoms with Crippen LogP contribution in [0.5, 0.6) is 23.0 Å². The minimum Gasteiger partial charge on any atom is -0.490 e. The Morgan fingerprint density at radius 1 is 0.237 bits per heavy atom. The van der Waals surface area contributed by atoms with Gasteiger partial charge in [-0.25, -0.2) is 0 Å². The van der Waals surface area contributed by atoms with Gasteiger partial charge in [0.2, 0.25) is 0 Å². The SMILES string of the molecule is CCCCCCCCCCCCCCCCOc1ccc(-c2cc(C)n(CCOCCn3nc(-c4ccc(OCCCCCCCCCCCCCCCC)c(OCCCCCCCCCCCCCCCC)c4)cc3C)n2)cc1OCCCCCCCCCCCCCCCC. The number of rotatable bonds is 72. The fraction of sp³-hybridized carbons (Fsp3) is 0.795. The van der Waals surface area contributed by atoms with Gasteiger partial charge in [0.1, 0.15) is 0 Å². The molecular weight excluding hydrogens is 1190 g/mol. The highest BCUT2D eigenvalue weighted by Crippen LogP contribution is 2.35. The molecule has 0 radical (unpaired) electrons. The van der Waals surface area contributed by atoms with E-state index in [4.69, 9.17) is 33.9 Å². The normalized spacial score (nSPS) is 11.6. The van der Waals surface area contributed by atoms with Crippen LogP contribution in [0.1, 0.15) is 399 Å². The Balaban J connectivity index is 1.24. The third kappa shape index (κ3) is 44.1. The van der Waals surface area contributed by atoms with Gasteiger partial charge < -0.3 is 23.7 Å². The monoisotopic (exact) mass is 1350 g/mol. The highest BCUT2D eigenvalue weighted by molar-refractivity contribution is 5.65. The molecule has 0 spiro atoms. The van der Waals surface area contributed by atoms with Crippen LogP contribution in [0.2, 0.25) is 0 Å². The van der Waals surface area contributed by atoms with Crippen molar-refractivity contribution >= 4 is 0 Å². The van der Waals surface area contributed by atoms with Gasteiger partial charge in [0.25, 0.3) is 0 Å². The third-order valence-corrected chi connectivity index (χ3v) is 20.4. The summed E-state index contributed by atoms with van der Waals surface area (Å²) < 4.78 is 36.6. The van der Waals surface area contributed by atoms with E-state index in [1.807, 2.05) is 0 Å². The van der Waals surface area contributed by atoms with Crippen molar-refractivity contribution < 1.29 is 23.7 Å².